The number of aromatic nitrogens is 3. The van der Waals surface area contributed by atoms with Gasteiger partial charge < -0.3 is 15.0 Å². The molecule has 0 aliphatic heterocycles. The molecule has 2 aromatic carbocycles. The lowest BCUT2D eigenvalue weighted by Crippen LogP contribution is -2.36. The summed E-state index contributed by atoms with van der Waals surface area (Å²) in [5.41, 5.74) is -0.536. The van der Waals surface area contributed by atoms with Gasteiger partial charge in [0.15, 0.2) is 5.82 Å². The van der Waals surface area contributed by atoms with E-state index in [1.54, 1.807) is 19.2 Å². The molecule has 0 saturated carbocycles. The zero-order valence-electron chi connectivity index (χ0n) is 17.6. The van der Waals surface area contributed by atoms with Crippen LogP contribution in [0.1, 0.15) is 5.56 Å². The number of hydrogen-bond acceptors (Lipinski definition) is 6. The van der Waals surface area contributed by atoms with Gasteiger partial charge in [0.25, 0.3) is 0 Å². The molecular formula is C21H20F3N5O3S. The van der Waals surface area contributed by atoms with E-state index >= 15 is 0 Å². The Morgan fingerprint density at radius 2 is 1.85 bits per heavy atom. The monoisotopic (exact) mass is 479 g/mol. The van der Waals surface area contributed by atoms with Crippen LogP contribution in [0.15, 0.2) is 53.7 Å². The van der Waals surface area contributed by atoms with Gasteiger partial charge in [0.05, 0.1) is 30.7 Å². The Morgan fingerprint density at radius 1 is 1.15 bits per heavy atom. The third-order valence-corrected chi connectivity index (χ3v) is 5.30. The fraction of sp³-hybridized carbons (Fsp3) is 0.238. The van der Waals surface area contributed by atoms with Gasteiger partial charge in [-0.1, -0.05) is 23.9 Å². The fourth-order valence-electron chi connectivity index (χ4n) is 2.76. The highest BCUT2D eigenvalue weighted by atomic mass is 32.2. The van der Waals surface area contributed by atoms with E-state index in [9.17, 15) is 22.8 Å². The van der Waals surface area contributed by atoms with Crippen molar-refractivity contribution in [3.63, 3.8) is 0 Å². The van der Waals surface area contributed by atoms with Crippen molar-refractivity contribution in [2.75, 3.05) is 31.8 Å². The number of hydrogen-bond donors (Lipinski definition) is 2. The van der Waals surface area contributed by atoms with Crippen LogP contribution in [0, 0.1) is 0 Å². The maximum absolute atomic E-state index is 13.1. The molecule has 0 bridgehead atoms. The zero-order chi connectivity index (χ0) is 24.0. The van der Waals surface area contributed by atoms with Crippen LogP contribution in [0.3, 0.4) is 0 Å². The molecule has 1 heterocycles. The maximum Gasteiger partial charge on any atom is 0.418 e. The Balaban J connectivity index is 1.52. The molecule has 1 aromatic heterocycles. The van der Waals surface area contributed by atoms with Gasteiger partial charge in [0, 0.05) is 12.6 Å². The van der Waals surface area contributed by atoms with E-state index in [1.807, 2.05) is 12.1 Å². The van der Waals surface area contributed by atoms with Crippen LogP contribution >= 0.6 is 11.8 Å². The van der Waals surface area contributed by atoms with E-state index < -0.39 is 30.1 Å². The van der Waals surface area contributed by atoms with Crippen molar-refractivity contribution >= 4 is 29.3 Å². The number of ether oxygens (including phenoxy) is 1. The first-order valence-electron chi connectivity index (χ1n) is 9.57. The lowest BCUT2D eigenvalue weighted by Gasteiger charge is -2.18. The topological polar surface area (TPSA) is 100 Å². The maximum atomic E-state index is 13.1. The molecule has 8 nitrogen and oxygen atoms in total. The minimum atomic E-state index is -4.61. The highest BCUT2D eigenvalue weighted by Crippen LogP contribution is 2.34. The predicted molar refractivity (Wildman–Crippen MR) is 117 cm³/mol. The minimum Gasteiger partial charge on any atom is -0.497 e. The second-order valence-corrected chi connectivity index (χ2v) is 7.77. The van der Waals surface area contributed by atoms with Crippen molar-refractivity contribution < 1.29 is 27.5 Å². The van der Waals surface area contributed by atoms with Crippen LogP contribution in [0.4, 0.5) is 18.9 Å². The number of thioether (sulfide) groups is 1. The standard InChI is InChI=1S/C21H20F3N5O3S/c1-29(11-17(30)25-16-6-4-3-5-15(16)21(22,23)24)18(31)12-33-20-26-19(27-28-20)13-7-9-14(32-2)10-8-13/h3-10H,11-12H2,1-2H3,(H,25,30)(H,26,27,28). The second kappa shape index (κ2) is 10.4. The number of amides is 2. The third-order valence-electron chi connectivity index (χ3n) is 4.47. The Hall–Kier alpha value is -3.54. The summed E-state index contributed by atoms with van der Waals surface area (Å²) >= 11 is 1.07. The zero-order valence-corrected chi connectivity index (χ0v) is 18.5. The minimum absolute atomic E-state index is 0.0528. The number of halogens is 3. The number of aromatic amines is 1. The van der Waals surface area contributed by atoms with Crippen molar-refractivity contribution in [3.05, 3.63) is 54.1 Å². The molecule has 3 aromatic rings. The lowest BCUT2D eigenvalue weighted by molar-refractivity contribution is -0.137. The van der Waals surface area contributed by atoms with Gasteiger partial charge in [-0.3, -0.25) is 14.7 Å². The largest absolute Gasteiger partial charge is 0.497 e. The number of nitrogens with one attached hydrogen (secondary N) is 2. The SMILES string of the molecule is COc1ccc(-c2nc(SCC(=O)N(C)CC(=O)Nc3ccccc3C(F)(F)F)n[nH]2)cc1. The molecule has 33 heavy (non-hydrogen) atoms. The number of likely N-dealkylation sites (N-methyl/N-ethyl adjacent to an activating group) is 1. The molecule has 0 radical (unpaired) electrons. The number of para-hydroxylation sites is 1. The van der Waals surface area contributed by atoms with E-state index in [-0.39, 0.29) is 11.4 Å². The summed E-state index contributed by atoms with van der Waals surface area (Å²) in [7, 11) is 2.95. The number of H-pyrrole nitrogens is 1. The van der Waals surface area contributed by atoms with E-state index in [0.29, 0.717) is 16.7 Å². The van der Waals surface area contributed by atoms with Crippen LogP contribution in [-0.2, 0) is 15.8 Å². The molecule has 0 spiro atoms. The summed E-state index contributed by atoms with van der Waals surface area (Å²) in [4.78, 5) is 29.9. The average molecular weight is 479 g/mol. The van der Waals surface area contributed by atoms with Gasteiger partial charge in [0.2, 0.25) is 17.0 Å². The molecule has 0 aliphatic carbocycles. The van der Waals surface area contributed by atoms with E-state index in [4.69, 9.17) is 4.74 Å². The molecule has 12 heteroatoms. The first-order chi connectivity index (χ1) is 15.7. The summed E-state index contributed by atoms with van der Waals surface area (Å²) in [5, 5.41) is 9.39. The predicted octanol–water partition coefficient (Wildman–Crippen LogP) is 3.69. The molecular weight excluding hydrogens is 459 g/mol. The van der Waals surface area contributed by atoms with Crippen molar-refractivity contribution in [1.82, 2.24) is 20.1 Å². The van der Waals surface area contributed by atoms with Gasteiger partial charge in [-0.25, -0.2) is 4.98 Å². The van der Waals surface area contributed by atoms with Gasteiger partial charge >= 0.3 is 6.18 Å². The summed E-state index contributed by atoms with van der Waals surface area (Å²) in [6, 6.07) is 11.8. The number of methoxy groups -OCH3 is 1. The number of rotatable bonds is 8. The quantitative estimate of drug-likeness (QED) is 0.478. The number of carbonyl (C=O) groups excluding carboxylic acids is 2. The molecule has 0 fully saturated rings. The molecule has 2 amide bonds. The number of nitrogens with zero attached hydrogens (tertiary/aromatic N) is 3. The van der Waals surface area contributed by atoms with Crippen molar-refractivity contribution in [3.8, 4) is 17.1 Å². The number of anilines is 1. The molecule has 0 unspecified atom stereocenters. The highest BCUT2D eigenvalue weighted by Gasteiger charge is 2.33. The second-order valence-electron chi connectivity index (χ2n) is 6.83. The summed E-state index contributed by atoms with van der Waals surface area (Å²) < 4.78 is 44.3. The lowest BCUT2D eigenvalue weighted by atomic mass is 10.1. The van der Waals surface area contributed by atoms with Gasteiger partial charge in [-0.15, -0.1) is 5.10 Å². The number of benzene rings is 2. The van der Waals surface area contributed by atoms with Crippen LogP contribution < -0.4 is 10.1 Å². The van der Waals surface area contributed by atoms with Gasteiger partial charge in [-0.2, -0.15) is 13.2 Å². The van der Waals surface area contributed by atoms with Gasteiger partial charge in [0.1, 0.15) is 5.75 Å². The Bertz CT molecular complexity index is 1120. The van der Waals surface area contributed by atoms with Crippen LogP contribution in [0.5, 0.6) is 5.75 Å². The molecule has 174 valence electrons. The first kappa shape index (κ1) is 24.1. The Labute approximate surface area is 191 Å². The molecule has 2 N–H and O–H groups in total. The van der Waals surface area contributed by atoms with Crippen molar-refractivity contribution in [2.45, 2.75) is 11.3 Å². The third kappa shape index (κ3) is 6.48. The van der Waals surface area contributed by atoms with E-state index in [0.717, 1.165) is 34.4 Å². The molecule has 3 rings (SSSR count). The first-order valence-corrected chi connectivity index (χ1v) is 10.6. The van der Waals surface area contributed by atoms with Gasteiger partial charge in [-0.05, 0) is 36.4 Å². The number of alkyl halides is 3. The van der Waals surface area contributed by atoms with Crippen LogP contribution in [0.25, 0.3) is 11.4 Å². The molecule has 0 atom stereocenters. The highest BCUT2D eigenvalue weighted by molar-refractivity contribution is 7.99. The Kier molecular flexibility index (Phi) is 7.59. The Morgan fingerprint density at radius 3 is 2.52 bits per heavy atom. The van der Waals surface area contributed by atoms with Crippen molar-refractivity contribution in [2.24, 2.45) is 0 Å². The number of carbonyl (C=O) groups is 2. The van der Waals surface area contributed by atoms with E-state index in [1.165, 1.54) is 19.2 Å². The van der Waals surface area contributed by atoms with Crippen LogP contribution in [-0.4, -0.2) is 58.4 Å². The average Bonchev–Trinajstić information content (AvgIpc) is 3.26. The molecule has 0 aliphatic rings. The van der Waals surface area contributed by atoms with E-state index in [2.05, 4.69) is 20.5 Å². The van der Waals surface area contributed by atoms with Crippen molar-refractivity contribution in [1.29, 1.82) is 0 Å². The smallest absolute Gasteiger partial charge is 0.418 e. The fourth-order valence-corrected chi connectivity index (χ4v) is 3.50. The summed E-state index contributed by atoms with van der Waals surface area (Å²) in [6.45, 7) is -0.406. The normalized spacial score (nSPS) is 11.2. The van der Waals surface area contributed by atoms with Crippen LogP contribution in [0.2, 0.25) is 0 Å². The summed E-state index contributed by atoms with van der Waals surface area (Å²) in [6.07, 6.45) is -4.61. The summed E-state index contributed by atoms with van der Waals surface area (Å²) in [5.74, 6) is 0.0152. The molecule has 0 saturated heterocycles.